The molecule has 2 heterocycles. The van der Waals surface area contributed by atoms with E-state index in [4.69, 9.17) is 11.6 Å². The highest BCUT2D eigenvalue weighted by Gasteiger charge is 2.41. The third kappa shape index (κ3) is 4.75. The van der Waals surface area contributed by atoms with Crippen molar-refractivity contribution in [2.45, 2.75) is 44.6 Å². The van der Waals surface area contributed by atoms with Gasteiger partial charge in [-0.2, -0.15) is 0 Å². The fourth-order valence-corrected chi connectivity index (χ4v) is 6.17. The standard InChI is InChI=1S/C24H27ClN2O4S/c25-20-11-4-3-9-18(20)21-14-32-24(26-21)27-16(13-28)8-5-10-17(15-6-1-2-7-15)19(23(27)31)12-22(29)30/h3-5,8-9,11,14-17,19,28H,1-2,6-7,10,12-13H2,(H,29,30)/b8-5-/t16-,17+,19-/m0/s1. The van der Waals surface area contributed by atoms with Gasteiger partial charge in [0.2, 0.25) is 5.91 Å². The summed E-state index contributed by atoms with van der Waals surface area (Å²) in [4.78, 5) is 31.7. The van der Waals surface area contributed by atoms with Crippen LogP contribution in [0.15, 0.2) is 41.8 Å². The van der Waals surface area contributed by atoms with E-state index in [-0.39, 0.29) is 24.9 Å². The summed E-state index contributed by atoms with van der Waals surface area (Å²) in [6, 6.07) is 6.77. The molecule has 2 N–H and O–H groups in total. The molecule has 1 fully saturated rings. The summed E-state index contributed by atoms with van der Waals surface area (Å²) in [7, 11) is 0. The first-order chi connectivity index (χ1) is 15.5. The van der Waals surface area contributed by atoms with Crippen molar-refractivity contribution in [3.8, 4) is 11.3 Å². The number of aliphatic carboxylic acids is 1. The number of thiazole rings is 1. The van der Waals surface area contributed by atoms with Gasteiger partial charge in [-0.3, -0.25) is 14.5 Å². The van der Waals surface area contributed by atoms with Crippen LogP contribution in [-0.2, 0) is 9.59 Å². The molecule has 3 atom stereocenters. The maximum atomic E-state index is 13.8. The van der Waals surface area contributed by atoms with E-state index in [1.807, 2.05) is 35.7 Å². The highest BCUT2D eigenvalue weighted by Crippen LogP contribution is 2.42. The number of carbonyl (C=O) groups is 2. The molecule has 1 amide bonds. The lowest BCUT2D eigenvalue weighted by Crippen LogP contribution is -2.48. The van der Waals surface area contributed by atoms with Crippen LogP contribution >= 0.6 is 22.9 Å². The van der Waals surface area contributed by atoms with Gasteiger partial charge in [0.05, 0.1) is 30.7 Å². The van der Waals surface area contributed by atoms with Crippen molar-refractivity contribution in [3.05, 3.63) is 46.8 Å². The van der Waals surface area contributed by atoms with Crippen molar-refractivity contribution in [2.75, 3.05) is 11.5 Å². The largest absolute Gasteiger partial charge is 0.481 e. The molecule has 6 nitrogen and oxygen atoms in total. The number of carbonyl (C=O) groups excluding carboxylic acids is 1. The number of aliphatic hydroxyl groups is 1. The molecule has 8 heteroatoms. The molecule has 0 spiro atoms. The second-order valence-corrected chi connectivity index (χ2v) is 9.77. The SMILES string of the molecule is O=C(O)C[C@@H]1C(=O)N(c2nc(-c3ccccc3Cl)cs2)[C@H](CO)/C=C\C[C@@H]1C1CCCC1. The van der Waals surface area contributed by atoms with Gasteiger partial charge in [0, 0.05) is 16.0 Å². The number of allylic oxidation sites excluding steroid dienone is 1. The lowest BCUT2D eigenvalue weighted by molar-refractivity contribution is -0.142. The summed E-state index contributed by atoms with van der Waals surface area (Å²) < 4.78 is 0. The van der Waals surface area contributed by atoms with Gasteiger partial charge in [0.25, 0.3) is 0 Å². The third-order valence-corrected chi connectivity index (χ3v) is 7.77. The first kappa shape index (κ1) is 23.0. The van der Waals surface area contributed by atoms with Crippen LogP contribution in [0.3, 0.4) is 0 Å². The molecule has 4 rings (SSSR count). The quantitative estimate of drug-likeness (QED) is 0.574. The summed E-state index contributed by atoms with van der Waals surface area (Å²) in [5.41, 5.74) is 1.41. The number of hydrogen-bond acceptors (Lipinski definition) is 5. The molecule has 0 bridgehead atoms. The van der Waals surface area contributed by atoms with Crippen LogP contribution in [0.2, 0.25) is 5.02 Å². The van der Waals surface area contributed by atoms with Gasteiger partial charge in [-0.15, -0.1) is 11.3 Å². The molecule has 1 saturated carbocycles. The number of carboxylic acids is 1. The summed E-state index contributed by atoms with van der Waals surface area (Å²) in [6.45, 7) is -0.267. The molecule has 0 unspecified atom stereocenters. The average molecular weight is 475 g/mol. The molecule has 0 radical (unpaired) electrons. The predicted octanol–water partition coefficient (Wildman–Crippen LogP) is 5.01. The van der Waals surface area contributed by atoms with E-state index in [1.54, 1.807) is 6.07 Å². The Balaban J connectivity index is 1.73. The van der Waals surface area contributed by atoms with Gasteiger partial charge in [0.1, 0.15) is 0 Å². The highest BCUT2D eigenvalue weighted by molar-refractivity contribution is 7.14. The Morgan fingerprint density at radius 3 is 2.69 bits per heavy atom. The average Bonchev–Trinajstić information content (AvgIpc) is 3.46. The van der Waals surface area contributed by atoms with Crippen molar-refractivity contribution in [3.63, 3.8) is 0 Å². The minimum atomic E-state index is -0.979. The summed E-state index contributed by atoms with van der Waals surface area (Å²) >= 11 is 7.62. The number of aliphatic hydroxyl groups excluding tert-OH is 1. The van der Waals surface area contributed by atoms with E-state index < -0.39 is 17.9 Å². The Kier molecular flexibility index (Phi) is 7.28. The van der Waals surface area contributed by atoms with E-state index in [2.05, 4.69) is 4.98 Å². The Hall–Kier alpha value is -2.22. The maximum Gasteiger partial charge on any atom is 0.304 e. The first-order valence-electron chi connectivity index (χ1n) is 11.0. The smallest absolute Gasteiger partial charge is 0.304 e. The van der Waals surface area contributed by atoms with Crippen LogP contribution in [0.5, 0.6) is 0 Å². The molecule has 1 aromatic heterocycles. The third-order valence-electron chi connectivity index (χ3n) is 6.60. The fourth-order valence-electron chi connectivity index (χ4n) is 5.05. The van der Waals surface area contributed by atoms with Gasteiger partial charge in [-0.1, -0.05) is 67.6 Å². The summed E-state index contributed by atoms with van der Waals surface area (Å²) in [6.07, 6.45) is 8.59. The zero-order valence-corrected chi connectivity index (χ0v) is 19.3. The molecule has 1 aliphatic heterocycles. The van der Waals surface area contributed by atoms with Crippen molar-refractivity contribution in [2.24, 2.45) is 17.8 Å². The molecular formula is C24H27ClN2O4S. The number of rotatable bonds is 6. The van der Waals surface area contributed by atoms with Crippen molar-refractivity contribution in [1.29, 1.82) is 0 Å². The molecule has 170 valence electrons. The van der Waals surface area contributed by atoms with Crippen LogP contribution in [0.25, 0.3) is 11.3 Å². The number of benzene rings is 1. The minimum absolute atomic E-state index is 0.0255. The zero-order valence-electron chi connectivity index (χ0n) is 17.7. The van der Waals surface area contributed by atoms with Crippen molar-refractivity contribution < 1.29 is 19.8 Å². The Morgan fingerprint density at radius 2 is 2.00 bits per heavy atom. The van der Waals surface area contributed by atoms with Crippen LogP contribution in [0.1, 0.15) is 38.5 Å². The number of amides is 1. The fraction of sp³-hybridized carbons (Fsp3) is 0.458. The van der Waals surface area contributed by atoms with Gasteiger partial charge < -0.3 is 10.2 Å². The highest BCUT2D eigenvalue weighted by atomic mass is 35.5. The van der Waals surface area contributed by atoms with Crippen LogP contribution in [0, 0.1) is 17.8 Å². The lowest BCUT2D eigenvalue weighted by atomic mass is 9.75. The minimum Gasteiger partial charge on any atom is -0.481 e. The number of nitrogens with zero attached hydrogens (tertiary/aromatic N) is 2. The van der Waals surface area contributed by atoms with E-state index >= 15 is 0 Å². The van der Waals surface area contributed by atoms with E-state index in [0.717, 1.165) is 31.2 Å². The monoisotopic (exact) mass is 474 g/mol. The number of aromatic nitrogens is 1. The topological polar surface area (TPSA) is 90.7 Å². The summed E-state index contributed by atoms with van der Waals surface area (Å²) in [5, 5.41) is 22.5. The van der Waals surface area contributed by atoms with E-state index in [0.29, 0.717) is 28.2 Å². The second-order valence-electron chi connectivity index (χ2n) is 8.53. The number of hydrogen-bond donors (Lipinski definition) is 2. The molecule has 1 aliphatic carbocycles. The molecular weight excluding hydrogens is 448 g/mol. The Labute approximate surface area is 196 Å². The maximum absolute atomic E-state index is 13.8. The molecule has 2 aromatic rings. The summed E-state index contributed by atoms with van der Waals surface area (Å²) in [5.74, 6) is -1.58. The van der Waals surface area contributed by atoms with Crippen molar-refractivity contribution in [1.82, 2.24) is 4.98 Å². The second kappa shape index (κ2) is 10.1. The lowest BCUT2D eigenvalue weighted by Gasteiger charge is -2.37. The zero-order chi connectivity index (χ0) is 22.7. The van der Waals surface area contributed by atoms with Gasteiger partial charge in [-0.25, -0.2) is 4.98 Å². The van der Waals surface area contributed by atoms with Gasteiger partial charge in [0.15, 0.2) is 5.13 Å². The predicted molar refractivity (Wildman–Crippen MR) is 126 cm³/mol. The Bertz CT molecular complexity index is 1000. The first-order valence-corrected chi connectivity index (χ1v) is 12.3. The molecule has 2 aliphatic rings. The molecule has 32 heavy (non-hydrogen) atoms. The van der Waals surface area contributed by atoms with Crippen LogP contribution in [-0.4, -0.2) is 39.7 Å². The normalized spacial score (nSPS) is 25.5. The number of anilines is 1. The molecule has 0 saturated heterocycles. The Morgan fingerprint density at radius 1 is 1.25 bits per heavy atom. The van der Waals surface area contributed by atoms with E-state index in [1.165, 1.54) is 16.2 Å². The van der Waals surface area contributed by atoms with E-state index in [9.17, 15) is 19.8 Å². The van der Waals surface area contributed by atoms with Gasteiger partial charge >= 0.3 is 5.97 Å². The number of carboxylic acid groups (broad SMARTS) is 1. The van der Waals surface area contributed by atoms with Crippen LogP contribution < -0.4 is 4.90 Å². The molecule has 1 aromatic carbocycles. The van der Waals surface area contributed by atoms with Gasteiger partial charge in [-0.05, 0) is 24.3 Å². The van der Waals surface area contributed by atoms with Crippen molar-refractivity contribution >= 4 is 39.9 Å². The number of halogens is 1. The van der Waals surface area contributed by atoms with Crippen LogP contribution in [0.4, 0.5) is 5.13 Å².